The van der Waals surface area contributed by atoms with Crippen molar-refractivity contribution in [3.63, 3.8) is 0 Å². The molecular formula is C27H29FN4S. The highest BCUT2D eigenvalue weighted by Gasteiger charge is 2.09. The van der Waals surface area contributed by atoms with E-state index in [9.17, 15) is 3.89 Å². The lowest BCUT2D eigenvalue weighted by atomic mass is 10.00. The van der Waals surface area contributed by atoms with Gasteiger partial charge in [0.25, 0.3) is 0 Å². The summed E-state index contributed by atoms with van der Waals surface area (Å²) in [6.45, 7) is 2.37. The van der Waals surface area contributed by atoms with Crippen LogP contribution in [0, 0.1) is 12.3 Å². The van der Waals surface area contributed by atoms with Gasteiger partial charge < -0.3 is 11.5 Å². The number of benzene rings is 2. The molecule has 0 bridgehead atoms. The van der Waals surface area contributed by atoms with Crippen LogP contribution in [0.1, 0.15) is 18.9 Å². The Balaban J connectivity index is 0.000000714. The number of aromatic nitrogens is 2. The van der Waals surface area contributed by atoms with E-state index in [0.717, 1.165) is 40.6 Å². The van der Waals surface area contributed by atoms with Gasteiger partial charge in [0.2, 0.25) is 0 Å². The van der Waals surface area contributed by atoms with Gasteiger partial charge in [-0.3, -0.25) is 4.98 Å². The molecule has 0 radical (unpaired) electrons. The van der Waals surface area contributed by atoms with Gasteiger partial charge in [-0.15, -0.1) is 12.3 Å². The molecule has 0 aliphatic carbocycles. The number of terminal acetylenes is 1. The smallest absolute Gasteiger partial charge is 0.0820 e. The first kappa shape index (κ1) is 26.0. The van der Waals surface area contributed by atoms with Crippen molar-refractivity contribution in [1.29, 1.82) is 0 Å². The van der Waals surface area contributed by atoms with Gasteiger partial charge in [-0.05, 0) is 62.2 Å². The van der Waals surface area contributed by atoms with Crippen molar-refractivity contribution < 1.29 is 3.89 Å². The van der Waals surface area contributed by atoms with E-state index in [2.05, 4.69) is 64.4 Å². The summed E-state index contributed by atoms with van der Waals surface area (Å²) < 4.78 is 13.4. The third-order valence-corrected chi connectivity index (χ3v) is 5.30. The first-order valence-electron chi connectivity index (χ1n) is 10.6. The van der Waals surface area contributed by atoms with Gasteiger partial charge in [0.15, 0.2) is 0 Å². The van der Waals surface area contributed by atoms with E-state index in [1.807, 2.05) is 12.1 Å². The number of fused-ring (bicyclic) bond motifs is 1. The Labute approximate surface area is 199 Å². The van der Waals surface area contributed by atoms with Crippen molar-refractivity contribution in [1.82, 2.24) is 9.97 Å². The molecule has 0 unspecified atom stereocenters. The molecule has 33 heavy (non-hydrogen) atoms. The number of hydrogen-bond donors (Lipinski definition) is 2. The van der Waals surface area contributed by atoms with Crippen LogP contribution in [0.25, 0.3) is 33.3 Å². The molecule has 4 nitrogen and oxygen atoms in total. The largest absolute Gasteiger partial charge is 0.333 e. The number of nitrogens with two attached hydrogens (primary N) is 2. The van der Waals surface area contributed by atoms with Crippen LogP contribution in [0.3, 0.4) is 0 Å². The maximum Gasteiger partial charge on any atom is 0.0820 e. The van der Waals surface area contributed by atoms with E-state index in [0.29, 0.717) is 11.4 Å². The van der Waals surface area contributed by atoms with E-state index >= 15 is 0 Å². The number of nitrogens with zero attached hydrogens (tertiary/aromatic N) is 2. The fourth-order valence-corrected chi connectivity index (χ4v) is 3.65. The lowest BCUT2D eigenvalue weighted by molar-refractivity contribution is 0.833. The number of aryl methyl sites for hydroxylation is 1. The standard InChI is InChI=1S/C23H20FN3S.C3H4.CH5N/c24-28-23-14-22(27-21-11-13-26-15-20(21)23)19-9-7-18(8-10-19)17-5-3-16(4-6-17)2-1-12-25;1-3-2;1-2/h3-11,13-15H,1-2,12,25H2;1H,2H3;2H2,1H3. The van der Waals surface area contributed by atoms with Gasteiger partial charge in [0.1, 0.15) is 0 Å². The summed E-state index contributed by atoms with van der Waals surface area (Å²) in [5.74, 6) is 2.25. The Morgan fingerprint density at radius 3 is 2.12 bits per heavy atom. The van der Waals surface area contributed by atoms with E-state index in [-0.39, 0.29) is 12.1 Å². The second-order valence-electron chi connectivity index (χ2n) is 6.93. The maximum absolute atomic E-state index is 13.4. The highest BCUT2D eigenvalue weighted by Crippen LogP contribution is 2.32. The fourth-order valence-electron chi connectivity index (χ4n) is 3.25. The minimum Gasteiger partial charge on any atom is -0.333 e. The Morgan fingerprint density at radius 1 is 0.970 bits per heavy atom. The second-order valence-corrected chi connectivity index (χ2v) is 7.52. The Kier molecular flexibility index (Phi) is 11.1. The Hall–Kier alpha value is -3.24. The van der Waals surface area contributed by atoms with Crippen molar-refractivity contribution in [3.8, 4) is 34.7 Å². The van der Waals surface area contributed by atoms with Gasteiger partial charge in [-0.2, -0.15) is 3.89 Å². The molecule has 0 atom stereocenters. The molecule has 0 amide bonds. The minimum atomic E-state index is 0.226. The van der Waals surface area contributed by atoms with Crippen molar-refractivity contribution in [2.45, 2.75) is 24.7 Å². The molecule has 0 aliphatic heterocycles. The summed E-state index contributed by atoms with van der Waals surface area (Å²) in [5, 5.41) is 0.727. The van der Waals surface area contributed by atoms with Gasteiger partial charge in [0.05, 0.1) is 28.3 Å². The molecule has 170 valence electrons. The van der Waals surface area contributed by atoms with Gasteiger partial charge >= 0.3 is 0 Å². The highest BCUT2D eigenvalue weighted by atomic mass is 32.2. The number of pyridine rings is 2. The first-order chi connectivity index (χ1) is 16.2. The molecule has 0 spiro atoms. The monoisotopic (exact) mass is 460 g/mol. The molecular weight excluding hydrogens is 431 g/mol. The predicted molar refractivity (Wildman–Crippen MR) is 139 cm³/mol. The summed E-state index contributed by atoms with van der Waals surface area (Å²) in [6.07, 6.45) is 9.93. The molecule has 2 aromatic heterocycles. The van der Waals surface area contributed by atoms with Crippen LogP contribution in [0.4, 0.5) is 3.89 Å². The van der Waals surface area contributed by atoms with E-state index < -0.39 is 0 Å². The Morgan fingerprint density at radius 2 is 1.55 bits per heavy atom. The molecule has 6 heteroatoms. The zero-order valence-electron chi connectivity index (χ0n) is 19.0. The molecule has 4 N–H and O–H groups in total. The molecule has 0 saturated carbocycles. The average molecular weight is 461 g/mol. The van der Waals surface area contributed by atoms with Crippen LogP contribution >= 0.6 is 12.1 Å². The molecule has 2 aromatic carbocycles. The molecule has 4 aromatic rings. The molecule has 0 fully saturated rings. The SMILES string of the molecule is C#CC.CN.NCCCc1ccc(-c2ccc(-c3cc(SF)c4cnccc4n3)cc2)cc1. The van der Waals surface area contributed by atoms with Crippen LogP contribution in [-0.2, 0) is 6.42 Å². The van der Waals surface area contributed by atoms with Crippen LogP contribution in [0.15, 0.2) is 78.0 Å². The van der Waals surface area contributed by atoms with Gasteiger partial charge in [-0.1, -0.05) is 48.5 Å². The molecule has 0 saturated heterocycles. The van der Waals surface area contributed by atoms with Crippen LogP contribution < -0.4 is 11.5 Å². The highest BCUT2D eigenvalue weighted by molar-refractivity contribution is 7.94. The van der Waals surface area contributed by atoms with Gasteiger partial charge in [-0.25, -0.2) is 4.98 Å². The maximum atomic E-state index is 13.4. The van der Waals surface area contributed by atoms with E-state index in [1.54, 1.807) is 31.5 Å². The lowest BCUT2D eigenvalue weighted by Crippen LogP contribution is -2.00. The number of halogens is 1. The summed E-state index contributed by atoms with van der Waals surface area (Å²) in [4.78, 5) is 9.26. The van der Waals surface area contributed by atoms with Crippen molar-refractivity contribution in [2.24, 2.45) is 11.5 Å². The lowest BCUT2D eigenvalue weighted by Gasteiger charge is -2.08. The third kappa shape index (κ3) is 7.13. The average Bonchev–Trinajstić information content (AvgIpc) is 2.89. The predicted octanol–water partition coefficient (Wildman–Crippen LogP) is 6.05. The summed E-state index contributed by atoms with van der Waals surface area (Å²) in [6, 6.07) is 20.4. The molecule has 0 aliphatic rings. The van der Waals surface area contributed by atoms with Crippen molar-refractivity contribution >= 4 is 23.1 Å². The van der Waals surface area contributed by atoms with E-state index in [1.165, 1.54) is 18.2 Å². The Bertz CT molecular complexity index is 1170. The normalized spacial score (nSPS) is 9.82. The topological polar surface area (TPSA) is 77.8 Å². The molecule has 4 rings (SSSR count). The zero-order chi connectivity index (χ0) is 24.1. The summed E-state index contributed by atoms with van der Waals surface area (Å²) in [7, 11) is 1.50. The van der Waals surface area contributed by atoms with Crippen LogP contribution in [0.2, 0.25) is 0 Å². The van der Waals surface area contributed by atoms with Gasteiger partial charge in [0, 0.05) is 23.3 Å². The fraction of sp³-hybridized carbons (Fsp3) is 0.185. The second kappa shape index (κ2) is 14.0. The zero-order valence-corrected chi connectivity index (χ0v) is 19.8. The number of hydrogen-bond acceptors (Lipinski definition) is 5. The van der Waals surface area contributed by atoms with Crippen LogP contribution in [-0.4, -0.2) is 23.6 Å². The molecule has 2 heterocycles. The minimum absolute atomic E-state index is 0.226. The van der Waals surface area contributed by atoms with E-state index in [4.69, 9.17) is 5.73 Å². The first-order valence-corrected chi connectivity index (χ1v) is 11.3. The third-order valence-electron chi connectivity index (χ3n) is 4.79. The quantitative estimate of drug-likeness (QED) is 0.343. The summed E-state index contributed by atoms with van der Waals surface area (Å²) >= 11 is 0.226. The van der Waals surface area contributed by atoms with Crippen molar-refractivity contribution in [2.75, 3.05) is 13.6 Å². The van der Waals surface area contributed by atoms with Crippen LogP contribution in [0.5, 0.6) is 0 Å². The summed E-state index contributed by atoms with van der Waals surface area (Å²) in [5.41, 5.74) is 16.1. The van der Waals surface area contributed by atoms with Crippen molar-refractivity contribution in [3.05, 3.63) is 78.6 Å². The number of rotatable bonds is 6.